The maximum Gasteiger partial charge on any atom is 5.00 e. The van der Waals surface area contributed by atoms with Crippen molar-refractivity contribution in [3.8, 4) is 0 Å². The van der Waals surface area contributed by atoms with Crippen LogP contribution in [-0.2, 0) is 66.0 Å². The van der Waals surface area contributed by atoms with Crippen LogP contribution < -0.4 is 0 Å². The predicted molar refractivity (Wildman–Crippen MR) is 1.37 cm³/mol. The molecular formula is NbO2Y+4. The zero-order chi connectivity index (χ0) is 0. The normalized spacial score (nSPS) is 0. The maximum absolute atomic E-state index is 0. The van der Waals surface area contributed by atoms with Crippen molar-refractivity contribution in [3.05, 3.63) is 0 Å². The SMILES string of the molecule is [Nb+5].[O-2].[O-2].[Y+3]. The Morgan fingerprint density at radius 2 is 0.750 bits per heavy atom. The number of hydrogen-bond acceptors (Lipinski definition) is 0. The fraction of sp³-hybridized carbons (Fsp3) is 0. The van der Waals surface area contributed by atoms with E-state index < -0.39 is 0 Å². The van der Waals surface area contributed by atoms with E-state index in [2.05, 4.69) is 0 Å². The summed E-state index contributed by atoms with van der Waals surface area (Å²) < 4.78 is 0. The smallest absolute Gasteiger partial charge is 2.00 e. The molecule has 0 saturated carbocycles. The molecule has 0 aromatic rings. The zero-order valence-corrected chi connectivity index (χ0v) is 6.88. The van der Waals surface area contributed by atoms with Gasteiger partial charge in [0.25, 0.3) is 0 Å². The van der Waals surface area contributed by atoms with Crippen LogP contribution in [0.25, 0.3) is 0 Å². The molecule has 0 aliphatic carbocycles. The second-order valence-corrected chi connectivity index (χ2v) is 0. The summed E-state index contributed by atoms with van der Waals surface area (Å²) in [5.74, 6) is 0. The van der Waals surface area contributed by atoms with Crippen molar-refractivity contribution in [1.82, 2.24) is 0 Å². The van der Waals surface area contributed by atoms with Crippen LogP contribution in [-0.4, -0.2) is 0 Å². The van der Waals surface area contributed by atoms with Crippen LogP contribution in [0.1, 0.15) is 0 Å². The number of rotatable bonds is 0. The van der Waals surface area contributed by atoms with Gasteiger partial charge >= 0.3 is 55.1 Å². The molecule has 0 radical (unpaired) electrons. The molecule has 0 unspecified atom stereocenters. The minimum Gasteiger partial charge on any atom is -2.00 e. The van der Waals surface area contributed by atoms with Gasteiger partial charge < -0.3 is 11.0 Å². The van der Waals surface area contributed by atoms with E-state index in [9.17, 15) is 0 Å². The summed E-state index contributed by atoms with van der Waals surface area (Å²) in [5, 5.41) is 0. The monoisotopic (exact) mass is 214 g/mol. The first-order chi connectivity index (χ1) is 0. The van der Waals surface area contributed by atoms with Crippen LogP contribution in [0.4, 0.5) is 0 Å². The van der Waals surface area contributed by atoms with Crippen LogP contribution in [0.15, 0.2) is 0 Å². The molecule has 0 aliphatic rings. The van der Waals surface area contributed by atoms with E-state index in [0.29, 0.717) is 0 Å². The third kappa shape index (κ3) is 9.24. The molecule has 2 nitrogen and oxygen atoms in total. The van der Waals surface area contributed by atoms with Gasteiger partial charge in [-0.2, -0.15) is 0 Å². The molecule has 0 aromatic carbocycles. The fourth-order valence-corrected chi connectivity index (χ4v) is 0. The van der Waals surface area contributed by atoms with Crippen LogP contribution in [0.3, 0.4) is 0 Å². The van der Waals surface area contributed by atoms with E-state index in [4.69, 9.17) is 0 Å². The Bertz CT molecular complexity index is 6.00. The maximum atomic E-state index is 0. The summed E-state index contributed by atoms with van der Waals surface area (Å²) in [7, 11) is 0. The van der Waals surface area contributed by atoms with E-state index in [0.717, 1.165) is 0 Å². The zero-order valence-electron chi connectivity index (χ0n) is 1.84. The number of hydrogen-bond donors (Lipinski definition) is 0. The van der Waals surface area contributed by atoms with Gasteiger partial charge in [-0.3, -0.25) is 0 Å². The van der Waals surface area contributed by atoms with Crippen LogP contribution in [0.5, 0.6) is 0 Å². The summed E-state index contributed by atoms with van der Waals surface area (Å²) in [6, 6.07) is 0. The van der Waals surface area contributed by atoms with Crippen molar-refractivity contribution >= 4 is 0 Å². The third-order valence-electron chi connectivity index (χ3n) is 0. The van der Waals surface area contributed by atoms with Crippen molar-refractivity contribution in [3.63, 3.8) is 0 Å². The molecule has 0 N–H and O–H groups in total. The first kappa shape index (κ1) is 42.0. The summed E-state index contributed by atoms with van der Waals surface area (Å²) in [5.41, 5.74) is 0. The van der Waals surface area contributed by atoms with Crippen molar-refractivity contribution < 1.29 is 66.0 Å². The summed E-state index contributed by atoms with van der Waals surface area (Å²) in [6.45, 7) is 0. The molecule has 0 saturated heterocycles. The van der Waals surface area contributed by atoms with Crippen LogP contribution >= 0.6 is 0 Å². The Morgan fingerprint density at radius 3 is 0.750 bits per heavy atom. The molecule has 0 amide bonds. The van der Waals surface area contributed by atoms with Crippen molar-refractivity contribution in [2.75, 3.05) is 0 Å². The van der Waals surface area contributed by atoms with Crippen LogP contribution in [0, 0.1) is 0 Å². The molecule has 4 heteroatoms. The molecule has 0 spiro atoms. The minimum atomic E-state index is 0. The molecule has 16 valence electrons. The van der Waals surface area contributed by atoms with E-state index in [1.165, 1.54) is 0 Å². The second kappa shape index (κ2) is 21.7. The van der Waals surface area contributed by atoms with E-state index in [-0.39, 0.29) is 66.0 Å². The van der Waals surface area contributed by atoms with Gasteiger partial charge in [-0.25, -0.2) is 0 Å². The Hall–Kier alpha value is 1.76. The molecule has 0 aromatic heterocycles. The fourth-order valence-electron chi connectivity index (χ4n) is 0. The quantitative estimate of drug-likeness (QED) is 0.499. The Balaban J connectivity index is 0. The molecule has 0 atom stereocenters. The molecule has 4 heavy (non-hydrogen) atoms. The van der Waals surface area contributed by atoms with Crippen molar-refractivity contribution in [2.24, 2.45) is 0 Å². The van der Waals surface area contributed by atoms with E-state index >= 15 is 0 Å². The minimum absolute atomic E-state index is 0. The van der Waals surface area contributed by atoms with Crippen molar-refractivity contribution in [1.29, 1.82) is 0 Å². The second-order valence-electron chi connectivity index (χ2n) is 0. The van der Waals surface area contributed by atoms with Gasteiger partial charge in [0.05, 0.1) is 0 Å². The average Bonchev–Trinajstić information content (AvgIpc) is 0. The summed E-state index contributed by atoms with van der Waals surface area (Å²) in [4.78, 5) is 0. The van der Waals surface area contributed by atoms with E-state index in [1.54, 1.807) is 0 Å². The van der Waals surface area contributed by atoms with Gasteiger partial charge in [0.1, 0.15) is 0 Å². The Labute approximate surface area is 65.3 Å². The third-order valence-corrected chi connectivity index (χ3v) is 0. The van der Waals surface area contributed by atoms with Gasteiger partial charge in [-0.15, -0.1) is 0 Å². The van der Waals surface area contributed by atoms with Crippen LogP contribution in [0.2, 0.25) is 0 Å². The molecule has 0 fully saturated rings. The van der Waals surface area contributed by atoms with Gasteiger partial charge in [-0.05, 0) is 0 Å². The average molecular weight is 214 g/mol. The first-order valence-corrected chi connectivity index (χ1v) is 0. The largest absolute Gasteiger partial charge is 5.00 e. The molecule has 0 bridgehead atoms. The van der Waals surface area contributed by atoms with E-state index in [1.807, 2.05) is 0 Å². The first-order valence-electron chi connectivity index (χ1n) is 0. The van der Waals surface area contributed by atoms with Gasteiger partial charge in [0, 0.05) is 0 Å². The van der Waals surface area contributed by atoms with Gasteiger partial charge in [-0.1, -0.05) is 0 Å². The Kier molecular flexibility index (Phi) is 228. The Morgan fingerprint density at radius 1 is 0.750 bits per heavy atom. The summed E-state index contributed by atoms with van der Waals surface area (Å²) >= 11 is 0. The molecular weight excluding hydrogens is 214 g/mol. The van der Waals surface area contributed by atoms with Gasteiger partial charge in [0.2, 0.25) is 0 Å². The summed E-state index contributed by atoms with van der Waals surface area (Å²) in [6.07, 6.45) is 0. The molecule has 0 heterocycles. The van der Waals surface area contributed by atoms with Crippen molar-refractivity contribution in [2.45, 2.75) is 0 Å². The standard InChI is InChI=1S/Nb.2O.Y/q+5;2*-2;+3. The van der Waals surface area contributed by atoms with Gasteiger partial charge in [0.15, 0.2) is 0 Å². The predicted octanol–water partition coefficient (Wildman–Crippen LogP) is -0.243. The topological polar surface area (TPSA) is 57.0 Å². The molecule has 0 rings (SSSR count). The molecule has 0 aliphatic heterocycles.